The SMILES string of the molecule is Cc1nc2c(c(C(F)(F)F)n1)CC(C(=O)N1C(C)CC3CCCCC31)CC2. The van der Waals surface area contributed by atoms with Crippen LogP contribution in [0.25, 0.3) is 0 Å². The topological polar surface area (TPSA) is 46.1 Å². The molecule has 4 rings (SSSR count). The van der Waals surface area contributed by atoms with E-state index in [1.54, 1.807) is 0 Å². The molecule has 2 aliphatic carbocycles. The molecule has 27 heavy (non-hydrogen) atoms. The minimum Gasteiger partial charge on any atom is -0.336 e. The molecule has 3 aliphatic rings. The van der Waals surface area contributed by atoms with Gasteiger partial charge in [-0.15, -0.1) is 0 Å². The van der Waals surface area contributed by atoms with Crippen molar-refractivity contribution in [1.82, 2.24) is 14.9 Å². The van der Waals surface area contributed by atoms with Crippen molar-refractivity contribution in [2.75, 3.05) is 0 Å². The summed E-state index contributed by atoms with van der Waals surface area (Å²) in [5, 5.41) is 0. The number of carbonyl (C=O) groups is 1. The van der Waals surface area contributed by atoms with Gasteiger partial charge >= 0.3 is 6.18 Å². The first-order valence-corrected chi connectivity index (χ1v) is 10.0. The van der Waals surface area contributed by atoms with E-state index in [4.69, 9.17) is 0 Å². The lowest BCUT2D eigenvalue weighted by Crippen LogP contribution is -2.46. The molecule has 1 amide bonds. The van der Waals surface area contributed by atoms with E-state index in [0.717, 1.165) is 25.7 Å². The van der Waals surface area contributed by atoms with Crippen molar-refractivity contribution in [2.45, 2.75) is 83.5 Å². The van der Waals surface area contributed by atoms with Crippen LogP contribution in [0.5, 0.6) is 0 Å². The monoisotopic (exact) mass is 381 g/mol. The van der Waals surface area contributed by atoms with E-state index in [9.17, 15) is 18.0 Å². The molecule has 2 fully saturated rings. The number of hydrogen-bond donors (Lipinski definition) is 0. The lowest BCUT2D eigenvalue weighted by molar-refractivity contribution is -0.144. The van der Waals surface area contributed by atoms with Crippen LogP contribution >= 0.6 is 0 Å². The highest BCUT2D eigenvalue weighted by atomic mass is 19.4. The largest absolute Gasteiger partial charge is 0.433 e. The molecule has 1 saturated carbocycles. The highest BCUT2D eigenvalue weighted by molar-refractivity contribution is 5.80. The van der Waals surface area contributed by atoms with Gasteiger partial charge in [0, 0.05) is 29.3 Å². The molecule has 148 valence electrons. The number of fused-ring (bicyclic) bond motifs is 2. The summed E-state index contributed by atoms with van der Waals surface area (Å²) in [5.74, 6) is 0.346. The highest BCUT2D eigenvalue weighted by Crippen LogP contribution is 2.42. The van der Waals surface area contributed by atoms with E-state index in [-0.39, 0.29) is 35.8 Å². The number of alkyl halides is 3. The van der Waals surface area contributed by atoms with Crippen molar-refractivity contribution in [3.05, 3.63) is 22.8 Å². The summed E-state index contributed by atoms with van der Waals surface area (Å²) in [7, 11) is 0. The Bertz CT molecular complexity index is 749. The minimum absolute atomic E-state index is 0.0382. The van der Waals surface area contributed by atoms with Crippen LogP contribution in [0.4, 0.5) is 13.2 Å². The molecule has 2 heterocycles. The van der Waals surface area contributed by atoms with Gasteiger partial charge in [-0.05, 0) is 58.3 Å². The molecule has 0 N–H and O–H groups in total. The first-order valence-electron chi connectivity index (χ1n) is 10.0. The lowest BCUT2D eigenvalue weighted by Gasteiger charge is -2.37. The highest BCUT2D eigenvalue weighted by Gasteiger charge is 2.46. The van der Waals surface area contributed by atoms with Crippen LogP contribution in [0.3, 0.4) is 0 Å². The Morgan fingerprint density at radius 1 is 1.15 bits per heavy atom. The van der Waals surface area contributed by atoms with Gasteiger partial charge in [-0.25, -0.2) is 9.97 Å². The Kier molecular flexibility index (Phi) is 4.67. The van der Waals surface area contributed by atoms with E-state index < -0.39 is 17.8 Å². The van der Waals surface area contributed by atoms with Crippen molar-refractivity contribution in [3.8, 4) is 0 Å². The number of carbonyl (C=O) groups excluding carboxylic acids is 1. The Morgan fingerprint density at radius 3 is 2.63 bits per heavy atom. The van der Waals surface area contributed by atoms with Crippen molar-refractivity contribution in [1.29, 1.82) is 0 Å². The molecule has 1 aromatic rings. The van der Waals surface area contributed by atoms with Gasteiger partial charge in [0.25, 0.3) is 0 Å². The minimum atomic E-state index is -4.52. The molecular weight excluding hydrogens is 355 g/mol. The molecule has 4 unspecified atom stereocenters. The number of rotatable bonds is 1. The summed E-state index contributed by atoms with van der Waals surface area (Å²) in [4.78, 5) is 23.2. The van der Waals surface area contributed by atoms with Gasteiger partial charge in [0.05, 0.1) is 0 Å². The maximum absolute atomic E-state index is 13.5. The summed E-state index contributed by atoms with van der Waals surface area (Å²) in [6.07, 6.45) is 2.14. The zero-order chi connectivity index (χ0) is 19.3. The van der Waals surface area contributed by atoms with Gasteiger partial charge in [-0.2, -0.15) is 13.2 Å². The number of halogens is 3. The third-order valence-corrected chi connectivity index (χ3v) is 6.60. The summed E-state index contributed by atoms with van der Waals surface area (Å²) >= 11 is 0. The Hall–Kier alpha value is -1.66. The Morgan fingerprint density at radius 2 is 1.89 bits per heavy atom. The van der Waals surface area contributed by atoms with Crippen LogP contribution in [0.1, 0.15) is 68.2 Å². The molecule has 4 atom stereocenters. The van der Waals surface area contributed by atoms with Gasteiger partial charge in [-0.3, -0.25) is 4.79 Å². The molecule has 0 radical (unpaired) electrons. The predicted molar refractivity (Wildman–Crippen MR) is 94.0 cm³/mol. The van der Waals surface area contributed by atoms with Crippen LogP contribution in [-0.2, 0) is 23.8 Å². The van der Waals surface area contributed by atoms with Crippen LogP contribution in [0.2, 0.25) is 0 Å². The third kappa shape index (κ3) is 3.34. The molecule has 0 bridgehead atoms. The maximum atomic E-state index is 13.5. The number of hydrogen-bond acceptors (Lipinski definition) is 3. The van der Waals surface area contributed by atoms with Crippen molar-refractivity contribution in [3.63, 3.8) is 0 Å². The van der Waals surface area contributed by atoms with E-state index in [0.29, 0.717) is 24.5 Å². The van der Waals surface area contributed by atoms with Crippen LogP contribution in [0.15, 0.2) is 0 Å². The number of aryl methyl sites for hydroxylation is 2. The van der Waals surface area contributed by atoms with Crippen molar-refractivity contribution in [2.24, 2.45) is 11.8 Å². The summed E-state index contributed by atoms with van der Waals surface area (Å²) in [6, 6.07) is 0.461. The summed E-state index contributed by atoms with van der Waals surface area (Å²) in [6.45, 7) is 3.57. The lowest BCUT2D eigenvalue weighted by atomic mass is 9.83. The number of amides is 1. The van der Waals surface area contributed by atoms with E-state index in [1.807, 2.05) is 4.90 Å². The fraction of sp³-hybridized carbons (Fsp3) is 0.750. The molecular formula is C20H26F3N3O. The number of nitrogens with zero attached hydrogens (tertiary/aromatic N) is 3. The zero-order valence-electron chi connectivity index (χ0n) is 15.9. The predicted octanol–water partition coefficient (Wildman–Crippen LogP) is 4.09. The molecule has 4 nitrogen and oxygen atoms in total. The molecule has 1 saturated heterocycles. The van der Waals surface area contributed by atoms with Crippen LogP contribution in [-0.4, -0.2) is 32.9 Å². The quantitative estimate of drug-likeness (QED) is 0.736. The molecule has 1 aromatic heterocycles. The van der Waals surface area contributed by atoms with E-state index in [1.165, 1.54) is 13.3 Å². The van der Waals surface area contributed by atoms with E-state index in [2.05, 4.69) is 16.9 Å². The number of aromatic nitrogens is 2. The van der Waals surface area contributed by atoms with Gasteiger partial charge in [0.2, 0.25) is 5.91 Å². The first-order chi connectivity index (χ1) is 12.8. The Balaban J connectivity index is 1.60. The smallest absolute Gasteiger partial charge is 0.336 e. The van der Waals surface area contributed by atoms with Gasteiger partial charge in [0.1, 0.15) is 5.82 Å². The standard InChI is InChI=1S/C20H26F3N3O/c1-11-9-13-5-3-4-6-17(13)26(11)19(27)14-7-8-16-15(10-14)18(20(21,22)23)25-12(2)24-16/h11,13-14,17H,3-10H2,1-2H3. The average Bonchev–Trinajstić information content (AvgIpc) is 2.95. The second-order valence-electron chi connectivity index (χ2n) is 8.42. The summed E-state index contributed by atoms with van der Waals surface area (Å²) < 4.78 is 40.4. The van der Waals surface area contributed by atoms with E-state index >= 15 is 0 Å². The second kappa shape index (κ2) is 6.74. The average molecular weight is 381 g/mol. The third-order valence-electron chi connectivity index (χ3n) is 6.60. The fourth-order valence-electron chi connectivity index (χ4n) is 5.48. The molecule has 7 heteroatoms. The van der Waals surface area contributed by atoms with Gasteiger partial charge in [0.15, 0.2) is 5.69 Å². The maximum Gasteiger partial charge on any atom is 0.433 e. The van der Waals surface area contributed by atoms with Gasteiger partial charge in [-0.1, -0.05) is 12.8 Å². The van der Waals surface area contributed by atoms with Gasteiger partial charge < -0.3 is 4.90 Å². The molecule has 1 aliphatic heterocycles. The van der Waals surface area contributed by atoms with Crippen LogP contribution < -0.4 is 0 Å². The van der Waals surface area contributed by atoms with Crippen molar-refractivity contribution < 1.29 is 18.0 Å². The fourth-order valence-corrected chi connectivity index (χ4v) is 5.48. The second-order valence-corrected chi connectivity index (χ2v) is 8.42. The van der Waals surface area contributed by atoms with Crippen LogP contribution in [0, 0.1) is 18.8 Å². The molecule has 0 spiro atoms. The number of likely N-dealkylation sites (tertiary alicyclic amines) is 1. The Labute approximate surface area is 157 Å². The molecule has 0 aromatic carbocycles. The summed E-state index contributed by atoms with van der Waals surface area (Å²) in [5.41, 5.74) is -0.263. The van der Waals surface area contributed by atoms with Crippen molar-refractivity contribution >= 4 is 5.91 Å². The zero-order valence-corrected chi connectivity index (χ0v) is 15.9. The normalized spacial score (nSPS) is 30.8. The first kappa shape index (κ1) is 18.7.